The Morgan fingerprint density at radius 2 is 1.79 bits per heavy atom. The lowest BCUT2D eigenvalue weighted by Crippen LogP contribution is -2.22. The van der Waals surface area contributed by atoms with Gasteiger partial charge >= 0.3 is 5.97 Å². The molecule has 0 atom stereocenters. The second kappa shape index (κ2) is 10.3. The molecule has 0 bridgehead atoms. The van der Waals surface area contributed by atoms with Crippen molar-refractivity contribution in [2.24, 2.45) is 0 Å². The summed E-state index contributed by atoms with van der Waals surface area (Å²) in [4.78, 5) is 25.3. The van der Waals surface area contributed by atoms with Gasteiger partial charge < -0.3 is 10.1 Å². The molecule has 0 aliphatic carbocycles. The molecule has 0 radical (unpaired) electrons. The maximum absolute atomic E-state index is 12.2. The second-order valence-electron chi connectivity index (χ2n) is 7.25. The van der Waals surface area contributed by atoms with E-state index < -0.39 is 0 Å². The molecule has 2 aromatic carbocycles. The van der Waals surface area contributed by atoms with E-state index in [0.717, 1.165) is 21.7 Å². The number of carbonyl (C=O) groups is 2. The lowest BCUT2D eigenvalue weighted by atomic mass is 9.98. The molecule has 1 N–H and O–H groups in total. The smallest absolute Gasteiger partial charge is 0.307 e. The molecule has 0 saturated carbocycles. The van der Waals surface area contributed by atoms with E-state index in [4.69, 9.17) is 4.74 Å². The topological polar surface area (TPSA) is 55.4 Å². The zero-order chi connectivity index (χ0) is 20.7. The standard InChI is InChI=1S/C23H29NO3S/c1-15(2)20-8-6-7-17(4)23(20)24-21(25)14-27-22(26)11-12-28-19-10-9-16(3)18(5)13-19/h6-10,13,15H,11-12,14H2,1-5H3,(H,24,25). The Balaban J connectivity index is 1.78. The van der Waals surface area contributed by atoms with Crippen LogP contribution in [0.15, 0.2) is 41.3 Å². The van der Waals surface area contributed by atoms with Crippen LogP contribution in [0.1, 0.15) is 48.4 Å². The maximum Gasteiger partial charge on any atom is 0.307 e. The van der Waals surface area contributed by atoms with Crippen LogP contribution in [0, 0.1) is 20.8 Å². The molecule has 28 heavy (non-hydrogen) atoms. The molecular weight excluding hydrogens is 370 g/mol. The summed E-state index contributed by atoms with van der Waals surface area (Å²) in [5, 5.41) is 2.89. The molecule has 4 nitrogen and oxygen atoms in total. The van der Waals surface area contributed by atoms with Crippen molar-refractivity contribution in [1.82, 2.24) is 0 Å². The molecule has 0 aromatic heterocycles. The molecule has 2 aromatic rings. The van der Waals surface area contributed by atoms with Crippen LogP contribution >= 0.6 is 11.8 Å². The van der Waals surface area contributed by atoms with Gasteiger partial charge in [0.1, 0.15) is 0 Å². The number of hydrogen-bond acceptors (Lipinski definition) is 4. The normalized spacial score (nSPS) is 10.8. The summed E-state index contributed by atoms with van der Waals surface area (Å²) in [6, 6.07) is 12.2. The average Bonchev–Trinajstić information content (AvgIpc) is 2.64. The van der Waals surface area contributed by atoms with Crippen LogP contribution < -0.4 is 5.32 Å². The number of thioether (sulfide) groups is 1. The Hall–Kier alpha value is -2.27. The largest absolute Gasteiger partial charge is 0.456 e. The van der Waals surface area contributed by atoms with E-state index >= 15 is 0 Å². The number of rotatable bonds is 8. The first kappa shape index (κ1) is 22.0. The van der Waals surface area contributed by atoms with Crippen LogP contribution in [0.5, 0.6) is 0 Å². The number of amides is 1. The molecule has 0 fully saturated rings. The van der Waals surface area contributed by atoms with Crippen molar-refractivity contribution < 1.29 is 14.3 Å². The molecule has 5 heteroatoms. The van der Waals surface area contributed by atoms with E-state index in [1.165, 1.54) is 11.1 Å². The van der Waals surface area contributed by atoms with Crippen LogP contribution in [0.25, 0.3) is 0 Å². The van der Waals surface area contributed by atoms with Crippen LogP contribution in [0.2, 0.25) is 0 Å². The fourth-order valence-corrected chi connectivity index (χ4v) is 3.72. The van der Waals surface area contributed by atoms with E-state index in [1.807, 2.05) is 25.1 Å². The predicted octanol–water partition coefficient (Wildman–Crippen LogP) is 5.40. The number of esters is 1. The van der Waals surface area contributed by atoms with Gasteiger partial charge in [-0.1, -0.05) is 38.1 Å². The van der Waals surface area contributed by atoms with Crippen molar-refractivity contribution in [3.63, 3.8) is 0 Å². The third kappa shape index (κ3) is 6.41. The number of aryl methyl sites for hydroxylation is 3. The molecule has 0 spiro atoms. The van der Waals surface area contributed by atoms with Crippen LogP contribution in [-0.4, -0.2) is 24.2 Å². The lowest BCUT2D eigenvalue weighted by Gasteiger charge is -2.16. The minimum absolute atomic E-state index is 0.265. The summed E-state index contributed by atoms with van der Waals surface area (Å²) < 4.78 is 5.13. The Morgan fingerprint density at radius 1 is 1.04 bits per heavy atom. The van der Waals surface area contributed by atoms with E-state index in [-0.39, 0.29) is 24.9 Å². The van der Waals surface area contributed by atoms with Gasteiger partial charge in [-0.15, -0.1) is 11.8 Å². The number of hydrogen-bond donors (Lipinski definition) is 1. The fourth-order valence-electron chi connectivity index (χ4n) is 2.79. The molecule has 0 aliphatic heterocycles. The van der Waals surface area contributed by atoms with Gasteiger partial charge in [0.05, 0.1) is 6.42 Å². The molecule has 0 unspecified atom stereocenters. The van der Waals surface area contributed by atoms with Gasteiger partial charge in [0.15, 0.2) is 6.61 Å². The van der Waals surface area contributed by atoms with Crippen molar-refractivity contribution in [3.8, 4) is 0 Å². The Bertz CT molecular complexity index is 846. The highest BCUT2D eigenvalue weighted by Gasteiger charge is 2.13. The SMILES string of the molecule is Cc1ccc(SCCC(=O)OCC(=O)Nc2c(C)cccc2C(C)C)cc1C. The van der Waals surface area contributed by atoms with Crippen LogP contribution in [0.3, 0.4) is 0 Å². The molecular formula is C23H29NO3S. The zero-order valence-corrected chi connectivity index (χ0v) is 18.1. The van der Waals surface area contributed by atoms with Gasteiger partial charge in [0.25, 0.3) is 5.91 Å². The molecule has 150 valence electrons. The van der Waals surface area contributed by atoms with Gasteiger partial charge in [0, 0.05) is 16.3 Å². The summed E-state index contributed by atoms with van der Waals surface area (Å²) in [6.45, 7) is 10.0. The fraction of sp³-hybridized carbons (Fsp3) is 0.391. The van der Waals surface area contributed by atoms with E-state index in [0.29, 0.717) is 11.7 Å². The highest BCUT2D eigenvalue weighted by atomic mass is 32.2. The highest BCUT2D eigenvalue weighted by Crippen LogP contribution is 2.27. The monoisotopic (exact) mass is 399 g/mol. The zero-order valence-electron chi connectivity index (χ0n) is 17.3. The Kier molecular flexibility index (Phi) is 8.12. The summed E-state index contributed by atoms with van der Waals surface area (Å²) in [6.07, 6.45) is 0.270. The van der Waals surface area contributed by atoms with E-state index in [2.05, 4.69) is 51.2 Å². The first-order valence-electron chi connectivity index (χ1n) is 9.53. The van der Waals surface area contributed by atoms with Crippen molar-refractivity contribution in [2.75, 3.05) is 17.7 Å². The minimum Gasteiger partial charge on any atom is -0.456 e. The van der Waals surface area contributed by atoms with Gasteiger partial charge in [-0.25, -0.2) is 0 Å². The molecule has 1 amide bonds. The summed E-state index contributed by atoms with van der Waals surface area (Å²) in [5.41, 5.74) is 5.37. The van der Waals surface area contributed by atoms with Gasteiger partial charge in [-0.3, -0.25) is 9.59 Å². The Labute approximate surface area is 172 Å². The number of nitrogens with one attached hydrogen (secondary N) is 1. The quantitative estimate of drug-likeness (QED) is 0.477. The van der Waals surface area contributed by atoms with Gasteiger partial charge in [-0.05, 0) is 61.1 Å². The summed E-state index contributed by atoms with van der Waals surface area (Å²) in [5.74, 6) is 0.241. The molecule has 0 saturated heterocycles. The Morgan fingerprint density at radius 3 is 2.46 bits per heavy atom. The van der Waals surface area contributed by atoms with Crippen molar-refractivity contribution in [1.29, 1.82) is 0 Å². The number of ether oxygens (including phenoxy) is 1. The first-order valence-corrected chi connectivity index (χ1v) is 10.5. The number of para-hydroxylation sites is 1. The summed E-state index contributed by atoms with van der Waals surface area (Å²) in [7, 11) is 0. The molecule has 0 aliphatic rings. The van der Waals surface area contributed by atoms with Crippen LogP contribution in [-0.2, 0) is 14.3 Å². The summed E-state index contributed by atoms with van der Waals surface area (Å²) >= 11 is 1.61. The first-order chi connectivity index (χ1) is 13.3. The molecule has 2 rings (SSSR count). The van der Waals surface area contributed by atoms with E-state index in [9.17, 15) is 9.59 Å². The van der Waals surface area contributed by atoms with Crippen molar-refractivity contribution >= 4 is 29.3 Å². The number of anilines is 1. The minimum atomic E-state index is -0.361. The molecule has 0 heterocycles. The van der Waals surface area contributed by atoms with Gasteiger partial charge in [0.2, 0.25) is 0 Å². The van der Waals surface area contributed by atoms with Crippen molar-refractivity contribution in [3.05, 3.63) is 58.7 Å². The number of benzene rings is 2. The van der Waals surface area contributed by atoms with Crippen molar-refractivity contribution in [2.45, 2.75) is 51.9 Å². The second-order valence-corrected chi connectivity index (χ2v) is 8.42. The average molecular weight is 400 g/mol. The van der Waals surface area contributed by atoms with Crippen LogP contribution in [0.4, 0.5) is 5.69 Å². The number of carbonyl (C=O) groups excluding carboxylic acids is 2. The highest BCUT2D eigenvalue weighted by molar-refractivity contribution is 7.99. The predicted molar refractivity (Wildman–Crippen MR) is 116 cm³/mol. The maximum atomic E-state index is 12.2. The van der Waals surface area contributed by atoms with Gasteiger partial charge in [-0.2, -0.15) is 0 Å². The third-order valence-electron chi connectivity index (χ3n) is 4.61. The van der Waals surface area contributed by atoms with E-state index in [1.54, 1.807) is 11.8 Å². The third-order valence-corrected chi connectivity index (χ3v) is 5.60. The lowest BCUT2D eigenvalue weighted by molar-refractivity contribution is -0.146.